The Morgan fingerprint density at radius 3 is 1.98 bits per heavy atom. The number of allylic oxidation sites excluding steroid dienone is 2. The predicted molar refractivity (Wildman–Crippen MR) is 261 cm³/mol. The van der Waals surface area contributed by atoms with Crippen molar-refractivity contribution < 1.29 is 47.0 Å². The van der Waals surface area contributed by atoms with Gasteiger partial charge in [-0.3, -0.25) is 19.7 Å². The van der Waals surface area contributed by atoms with E-state index in [1.165, 1.54) is 6.92 Å². The Labute approximate surface area is 388 Å². The van der Waals surface area contributed by atoms with E-state index in [4.69, 9.17) is 28.8 Å². The normalized spacial score (nSPS) is 15.5. The van der Waals surface area contributed by atoms with Crippen LogP contribution in [0.25, 0.3) is 0 Å². The fourth-order valence-corrected chi connectivity index (χ4v) is 14.2. The molecule has 15 nitrogen and oxygen atoms in total. The molecule has 0 spiro atoms. The van der Waals surface area contributed by atoms with Crippen molar-refractivity contribution in [3.63, 3.8) is 0 Å². The molecule has 3 rings (SSSR count). The van der Waals surface area contributed by atoms with Crippen molar-refractivity contribution in [2.24, 2.45) is 11.7 Å². The number of carbonyl (C=O) groups excluding carboxylic acids is 5. The second kappa shape index (κ2) is 22.9. The first kappa shape index (κ1) is 54.2. The zero-order valence-corrected chi connectivity index (χ0v) is 43.5. The molecule has 1 heterocycles. The first-order valence-corrected chi connectivity index (χ1v) is 27.5. The van der Waals surface area contributed by atoms with Crippen molar-refractivity contribution in [1.82, 2.24) is 10.2 Å². The van der Waals surface area contributed by atoms with Gasteiger partial charge in [-0.1, -0.05) is 100 Å². The number of primary amides is 1. The van der Waals surface area contributed by atoms with Crippen molar-refractivity contribution in [2.45, 2.75) is 156 Å². The van der Waals surface area contributed by atoms with E-state index in [9.17, 15) is 24.0 Å². The molecule has 0 aliphatic carbocycles. The van der Waals surface area contributed by atoms with Crippen LogP contribution in [0.2, 0.25) is 34.8 Å². The summed E-state index contributed by atoms with van der Waals surface area (Å²) in [6.07, 6.45) is 3.33. The van der Waals surface area contributed by atoms with E-state index in [0.29, 0.717) is 35.8 Å². The average Bonchev–Trinajstić information content (AvgIpc) is 3.62. The smallest absolute Gasteiger partial charge is 0.411 e. The van der Waals surface area contributed by atoms with Crippen LogP contribution < -0.4 is 30.8 Å². The highest BCUT2D eigenvalue weighted by Crippen LogP contribution is 2.46. The molecule has 0 fully saturated rings. The predicted octanol–water partition coefficient (Wildman–Crippen LogP) is 10.3. The fourth-order valence-electron chi connectivity index (χ4n) is 7.89. The Balaban J connectivity index is 1.93. The summed E-state index contributed by atoms with van der Waals surface area (Å²) in [7, 11) is -3.16. The molecule has 0 radical (unpaired) electrons. The van der Waals surface area contributed by atoms with Gasteiger partial charge in [-0.15, -0.1) is 0 Å². The molecule has 2 aromatic carbocycles. The second-order valence-corrected chi connectivity index (χ2v) is 29.7. The van der Waals surface area contributed by atoms with Gasteiger partial charge in [0.2, 0.25) is 5.91 Å². The molecule has 5 N–H and O–H groups in total. The summed E-state index contributed by atoms with van der Waals surface area (Å²) in [5.41, 5.74) is 8.21. The van der Waals surface area contributed by atoms with E-state index < -0.39 is 52.8 Å². The maximum Gasteiger partial charge on any atom is 0.411 e. The second-order valence-electron chi connectivity index (χ2n) is 19.5. The molecule has 1 aliphatic rings. The number of ether oxygens (including phenoxy) is 3. The number of rotatable bonds is 20. The zero-order chi connectivity index (χ0) is 49.2. The van der Waals surface area contributed by atoms with Gasteiger partial charge in [0, 0.05) is 18.0 Å². The van der Waals surface area contributed by atoms with Gasteiger partial charge >= 0.3 is 12.2 Å². The molecule has 0 bridgehead atoms. The van der Waals surface area contributed by atoms with E-state index in [2.05, 4.69) is 91.4 Å². The van der Waals surface area contributed by atoms with Crippen molar-refractivity contribution >= 4 is 57.9 Å². The number of benzene rings is 2. The fraction of sp³-hybridized carbons (Fsp3) is 0.562. The number of amides is 5. The van der Waals surface area contributed by atoms with Crippen molar-refractivity contribution in [3.8, 4) is 11.5 Å². The minimum atomic E-state index is -2.54. The number of nitrogens with one attached hydrogen (secondary N) is 3. The maximum absolute atomic E-state index is 14.9. The van der Waals surface area contributed by atoms with Crippen LogP contribution in [0.4, 0.5) is 21.0 Å². The van der Waals surface area contributed by atoms with Gasteiger partial charge in [0.25, 0.3) is 20.1 Å². The van der Waals surface area contributed by atoms with E-state index in [-0.39, 0.29) is 57.4 Å². The summed E-state index contributed by atoms with van der Waals surface area (Å²) in [5.74, 6) is -1.08. The lowest BCUT2D eigenvalue weighted by atomic mass is 10.1. The molecular weight excluding hydrogens is 863 g/mol. The molecule has 360 valence electrons. The van der Waals surface area contributed by atoms with Crippen molar-refractivity contribution in [1.29, 1.82) is 0 Å². The van der Waals surface area contributed by atoms with Crippen molar-refractivity contribution in [2.75, 3.05) is 24.4 Å². The SMILES string of the molecule is C/C=C/C1=CN(C(=O)c2cc(OC)c(O[Si](C(C)C)(C(C)C)C(C)C)cc2NC(=O)OCc2ccc(NC(=O)[C@H](C)NC(=O)[C@@H](OC(N)=O)C(C)C)cc2)[C@H](CO[Si](C)(C)C(C)(C)C)C1. The first-order chi connectivity index (χ1) is 30.2. The number of nitrogens with two attached hydrogens (primary N) is 1. The number of carbonyl (C=O) groups is 5. The molecule has 1 aliphatic heterocycles. The number of methoxy groups -OCH3 is 1. The van der Waals surface area contributed by atoms with Crippen LogP contribution in [-0.2, 0) is 30.1 Å². The molecule has 65 heavy (non-hydrogen) atoms. The lowest BCUT2D eigenvalue weighted by molar-refractivity contribution is -0.134. The molecule has 3 atom stereocenters. The number of hydrogen-bond donors (Lipinski definition) is 4. The summed E-state index contributed by atoms with van der Waals surface area (Å²) in [6, 6.07) is 8.67. The van der Waals surface area contributed by atoms with Crippen molar-refractivity contribution in [3.05, 3.63) is 71.5 Å². The lowest BCUT2D eigenvalue weighted by Crippen LogP contribution is -2.50. The van der Waals surface area contributed by atoms with Gasteiger partial charge in [0.1, 0.15) is 18.4 Å². The number of anilines is 2. The minimum Gasteiger partial charge on any atom is -0.540 e. The standard InChI is InChI=1S/C48H75N5O10Si2/c1-17-18-35-23-37(28-61-64(15,16)48(11,12)13)53(26-35)45(56)38-24-40(59-14)41(63-65(30(4)5,31(6)7)32(8)9)25-39(38)52-47(58)60-27-34-19-21-36(22-20-34)51-43(54)33(10)50-44(55)42(29(2)3)62-46(49)57/h17-22,24-26,29-33,37,42H,23,27-28H2,1-16H3,(H2,49,57)(H,50,55)(H,51,54)(H,52,58)/b18-17+/t33-,37-,42-/m0/s1. The van der Waals surface area contributed by atoms with Gasteiger partial charge in [-0.25, -0.2) is 9.59 Å². The molecule has 17 heteroatoms. The first-order valence-electron chi connectivity index (χ1n) is 22.5. The average molecular weight is 938 g/mol. The highest BCUT2D eigenvalue weighted by Gasteiger charge is 2.48. The summed E-state index contributed by atoms with van der Waals surface area (Å²) < 4.78 is 30.3. The minimum absolute atomic E-state index is 0.0259. The third kappa shape index (κ3) is 13.9. The summed E-state index contributed by atoms with van der Waals surface area (Å²) in [6.45, 7) is 31.0. The van der Waals surface area contributed by atoms with E-state index in [0.717, 1.165) is 5.57 Å². The lowest BCUT2D eigenvalue weighted by Gasteiger charge is -2.42. The third-order valence-electron chi connectivity index (χ3n) is 12.4. The van der Waals surface area contributed by atoms with E-state index in [1.807, 2.05) is 25.3 Å². The highest BCUT2D eigenvalue weighted by molar-refractivity contribution is 6.78. The quantitative estimate of drug-likeness (QED) is 0.0927. The van der Waals surface area contributed by atoms with Crippen LogP contribution in [0.1, 0.15) is 112 Å². The summed E-state index contributed by atoms with van der Waals surface area (Å²) in [5, 5.41) is 8.10. The van der Waals surface area contributed by atoms with Gasteiger partial charge in [-0.05, 0) is 90.3 Å². The topological polar surface area (TPSA) is 197 Å². The molecular formula is C48H75N5O10Si2. The molecule has 0 saturated carbocycles. The Hall–Kier alpha value is -5.14. The van der Waals surface area contributed by atoms with E-state index >= 15 is 0 Å². The van der Waals surface area contributed by atoms with Crippen LogP contribution in [0.3, 0.4) is 0 Å². The van der Waals surface area contributed by atoms with Gasteiger partial charge in [-0.2, -0.15) is 0 Å². The van der Waals surface area contributed by atoms with Gasteiger partial charge in [0.15, 0.2) is 20.2 Å². The molecule has 0 unspecified atom stereocenters. The van der Waals surface area contributed by atoms with Crippen LogP contribution >= 0.6 is 0 Å². The Morgan fingerprint density at radius 1 is 0.877 bits per heavy atom. The van der Waals surface area contributed by atoms with Crippen LogP contribution in [0, 0.1) is 5.92 Å². The Bertz CT molecular complexity index is 2040. The van der Waals surface area contributed by atoms with E-state index in [1.54, 1.807) is 62.3 Å². The molecule has 2 aromatic rings. The van der Waals surface area contributed by atoms with Crippen LogP contribution in [0.15, 0.2) is 60.3 Å². The molecule has 0 aromatic heterocycles. The molecule has 0 saturated heterocycles. The number of nitrogens with zero attached hydrogens (tertiary/aromatic N) is 1. The zero-order valence-electron chi connectivity index (χ0n) is 41.5. The van der Waals surface area contributed by atoms with Gasteiger partial charge in [0.05, 0.1) is 31.0 Å². The summed E-state index contributed by atoms with van der Waals surface area (Å²) in [4.78, 5) is 67.1. The Kier molecular flexibility index (Phi) is 19.1. The van der Waals surface area contributed by atoms with Crippen LogP contribution in [0.5, 0.6) is 11.5 Å². The Morgan fingerprint density at radius 2 is 1.48 bits per heavy atom. The molecule has 5 amide bonds. The monoisotopic (exact) mass is 938 g/mol. The highest BCUT2D eigenvalue weighted by atomic mass is 28.4. The third-order valence-corrected chi connectivity index (χ3v) is 22.9. The largest absolute Gasteiger partial charge is 0.540 e. The maximum atomic E-state index is 14.9. The van der Waals surface area contributed by atoms with Gasteiger partial charge < -0.3 is 44.3 Å². The summed E-state index contributed by atoms with van der Waals surface area (Å²) >= 11 is 0. The van der Waals surface area contributed by atoms with Crippen LogP contribution in [-0.4, -0.2) is 83.3 Å². The number of hydrogen-bond acceptors (Lipinski definition) is 10.